The molecule has 0 atom stereocenters. The number of carbonyl (C=O) groups is 2. The second kappa shape index (κ2) is 8.54. The molecular weight excluding hydrogens is 236 g/mol. The van der Waals surface area contributed by atoms with Crippen LogP contribution in [0.3, 0.4) is 0 Å². The van der Waals surface area contributed by atoms with Crippen LogP contribution in [0.1, 0.15) is 26.7 Å². The van der Waals surface area contributed by atoms with Crippen molar-refractivity contribution in [1.29, 1.82) is 10.5 Å². The van der Waals surface area contributed by atoms with Crippen molar-refractivity contribution in [2.24, 2.45) is 0 Å². The molecule has 94 valence electrons. The first-order chi connectivity index (χ1) is 8.49. The summed E-state index contributed by atoms with van der Waals surface area (Å²) in [5.41, 5.74) is 0. The largest absolute Gasteiger partial charge is 0.416 e. The molecule has 0 bridgehead atoms. The molecule has 6 nitrogen and oxygen atoms in total. The van der Waals surface area contributed by atoms with Gasteiger partial charge in [0.15, 0.2) is 0 Å². The average Bonchev–Trinajstić information content (AvgIpc) is 2.30. The van der Waals surface area contributed by atoms with Crippen molar-refractivity contribution in [2.75, 3.05) is 0 Å². The maximum atomic E-state index is 10.6. The van der Waals surface area contributed by atoms with Crippen LogP contribution in [0.25, 0.3) is 0 Å². The summed E-state index contributed by atoms with van der Waals surface area (Å²) < 4.78 is 9.17. The summed E-state index contributed by atoms with van der Waals surface area (Å²) in [7, 11) is 0. The van der Waals surface area contributed by atoms with Crippen molar-refractivity contribution in [2.45, 2.75) is 26.7 Å². The highest BCUT2D eigenvalue weighted by Gasteiger charge is 2.01. The molecule has 0 spiro atoms. The number of hydrogen-bond acceptors (Lipinski definition) is 6. The lowest BCUT2D eigenvalue weighted by atomic mass is 10.2. The third kappa shape index (κ3) is 7.66. The highest BCUT2D eigenvalue weighted by atomic mass is 16.5. The number of nitrogens with zero attached hydrogens (tertiary/aromatic N) is 2. The van der Waals surface area contributed by atoms with Crippen molar-refractivity contribution in [3.05, 3.63) is 23.7 Å². The van der Waals surface area contributed by atoms with Crippen molar-refractivity contribution < 1.29 is 19.1 Å². The Balaban J connectivity index is 4.33. The van der Waals surface area contributed by atoms with Gasteiger partial charge >= 0.3 is 11.9 Å². The molecular formula is C12H12N2O4. The van der Waals surface area contributed by atoms with Gasteiger partial charge in [-0.05, 0) is 25.0 Å². The van der Waals surface area contributed by atoms with Crippen LogP contribution in [0.5, 0.6) is 0 Å². The van der Waals surface area contributed by atoms with Gasteiger partial charge < -0.3 is 9.47 Å². The standard InChI is InChI=1S/C12H12N2O4/c1-9(15)17-11(7-13)5-3-4-6-12(8-14)18-10(2)16/h5-6H,3-4H2,1-2H3/b11-5-,12-6+. The third-order valence-corrected chi connectivity index (χ3v) is 1.55. The third-order valence-electron chi connectivity index (χ3n) is 1.55. The van der Waals surface area contributed by atoms with E-state index in [1.165, 1.54) is 26.0 Å². The number of ether oxygens (including phenoxy) is 2. The van der Waals surface area contributed by atoms with E-state index in [2.05, 4.69) is 9.47 Å². The number of rotatable bonds is 5. The van der Waals surface area contributed by atoms with E-state index in [9.17, 15) is 9.59 Å². The fraction of sp³-hybridized carbons (Fsp3) is 0.333. The fourth-order valence-corrected chi connectivity index (χ4v) is 0.959. The van der Waals surface area contributed by atoms with Gasteiger partial charge in [-0.15, -0.1) is 0 Å². The summed E-state index contributed by atoms with van der Waals surface area (Å²) in [6.07, 6.45) is 3.59. The maximum Gasteiger partial charge on any atom is 0.308 e. The number of nitriles is 2. The van der Waals surface area contributed by atoms with Gasteiger partial charge in [0.05, 0.1) is 0 Å². The molecule has 18 heavy (non-hydrogen) atoms. The minimum Gasteiger partial charge on any atom is -0.416 e. The minimum atomic E-state index is -0.573. The molecule has 0 aliphatic heterocycles. The molecule has 0 radical (unpaired) electrons. The molecule has 0 amide bonds. The zero-order valence-corrected chi connectivity index (χ0v) is 10.1. The quantitative estimate of drug-likeness (QED) is 0.317. The van der Waals surface area contributed by atoms with Crippen LogP contribution < -0.4 is 0 Å². The Kier molecular flexibility index (Phi) is 7.31. The van der Waals surface area contributed by atoms with Gasteiger partial charge in [-0.25, -0.2) is 0 Å². The van der Waals surface area contributed by atoms with Gasteiger partial charge in [-0.1, -0.05) is 0 Å². The minimum absolute atomic E-state index is 0.0955. The van der Waals surface area contributed by atoms with Gasteiger partial charge in [-0.3, -0.25) is 9.59 Å². The Morgan fingerprint density at radius 3 is 1.50 bits per heavy atom. The summed E-state index contributed by atoms with van der Waals surface area (Å²) in [4.78, 5) is 21.2. The van der Waals surface area contributed by atoms with E-state index in [0.29, 0.717) is 12.8 Å². The number of carbonyl (C=O) groups excluding carboxylic acids is 2. The van der Waals surface area contributed by atoms with Gasteiger partial charge in [0.2, 0.25) is 11.5 Å². The number of allylic oxidation sites excluding steroid dienone is 4. The van der Waals surface area contributed by atoms with Gasteiger partial charge in [0.1, 0.15) is 12.1 Å². The molecule has 0 aliphatic rings. The maximum absolute atomic E-state index is 10.6. The molecule has 0 aromatic heterocycles. The molecule has 0 unspecified atom stereocenters. The van der Waals surface area contributed by atoms with Crippen molar-refractivity contribution in [1.82, 2.24) is 0 Å². The lowest BCUT2D eigenvalue weighted by molar-refractivity contribution is -0.137. The molecule has 0 aliphatic carbocycles. The number of unbranched alkanes of at least 4 members (excludes halogenated alkanes) is 1. The second-order valence-corrected chi connectivity index (χ2v) is 3.12. The van der Waals surface area contributed by atoms with Crippen LogP contribution in [0.2, 0.25) is 0 Å². The second-order valence-electron chi connectivity index (χ2n) is 3.12. The fourth-order valence-electron chi connectivity index (χ4n) is 0.959. The molecule has 6 heteroatoms. The lowest BCUT2D eigenvalue weighted by Crippen LogP contribution is -1.97. The van der Waals surface area contributed by atoms with Gasteiger partial charge in [0, 0.05) is 13.8 Å². The number of hydrogen-bond donors (Lipinski definition) is 0. The average molecular weight is 248 g/mol. The molecule has 0 rings (SSSR count). The van der Waals surface area contributed by atoms with E-state index >= 15 is 0 Å². The highest BCUT2D eigenvalue weighted by Crippen LogP contribution is 2.05. The van der Waals surface area contributed by atoms with E-state index in [-0.39, 0.29) is 11.5 Å². The van der Waals surface area contributed by atoms with Crippen molar-refractivity contribution >= 4 is 11.9 Å². The lowest BCUT2D eigenvalue weighted by Gasteiger charge is -1.98. The van der Waals surface area contributed by atoms with Crippen LogP contribution in [-0.2, 0) is 19.1 Å². The monoisotopic (exact) mass is 248 g/mol. The summed E-state index contributed by atoms with van der Waals surface area (Å²) in [6, 6.07) is 3.43. The predicted octanol–water partition coefficient (Wildman–Crippen LogP) is 1.71. The predicted molar refractivity (Wildman–Crippen MR) is 60.2 cm³/mol. The Labute approximate surface area is 105 Å². The summed E-state index contributed by atoms with van der Waals surface area (Å²) in [6.45, 7) is 2.39. The first-order valence-corrected chi connectivity index (χ1v) is 5.07. The first-order valence-electron chi connectivity index (χ1n) is 5.07. The Bertz CT molecular complexity index is 419. The molecule has 0 saturated carbocycles. The molecule has 0 heterocycles. The normalized spacial score (nSPS) is 11.1. The summed E-state index contributed by atoms with van der Waals surface area (Å²) in [5, 5.41) is 17.2. The number of esters is 2. The Morgan fingerprint density at radius 2 is 1.28 bits per heavy atom. The molecule has 0 N–H and O–H groups in total. The summed E-state index contributed by atoms with van der Waals surface area (Å²) in [5.74, 6) is -1.34. The smallest absolute Gasteiger partial charge is 0.308 e. The highest BCUT2D eigenvalue weighted by molar-refractivity contribution is 5.68. The van der Waals surface area contributed by atoms with E-state index in [0.717, 1.165) is 0 Å². The van der Waals surface area contributed by atoms with Crippen LogP contribution in [0, 0.1) is 22.7 Å². The zero-order valence-electron chi connectivity index (χ0n) is 10.1. The van der Waals surface area contributed by atoms with Gasteiger partial charge in [-0.2, -0.15) is 10.5 Å². The van der Waals surface area contributed by atoms with Crippen LogP contribution >= 0.6 is 0 Å². The molecule has 0 fully saturated rings. The van der Waals surface area contributed by atoms with Crippen LogP contribution in [-0.4, -0.2) is 11.9 Å². The Morgan fingerprint density at radius 1 is 0.944 bits per heavy atom. The van der Waals surface area contributed by atoms with Gasteiger partial charge in [0.25, 0.3) is 0 Å². The van der Waals surface area contributed by atoms with E-state index < -0.39 is 11.9 Å². The Hall–Kier alpha value is -2.60. The summed E-state index contributed by atoms with van der Waals surface area (Å²) >= 11 is 0. The molecule has 0 aromatic rings. The topological polar surface area (TPSA) is 100 Å². The van der Waals surface area contributed by atoms with E-state index in [1.807, 2.05) is 0 Å². The van der Waals surface area contributed by atoms with Crippen LogP contribution in [0.4, 0.5) is 0 Å². The molecule has 0 aromatic carbocycles. The molecule has 0 saturated heterocycles. The SMILES string of the molecule is CC(=O)O/C(C#N)=C\CC/C=C(\C#N)OC(C)=O. The van der Waals surface area contributed by atoms with Crippen molar-refractivity contribution in [3.8, 4) is 12.1 Å². The van der Waals surface area contributed by atoms with Crippen molar-refractivity contribution in [3.63, 3.8) is 0 Å². The van der Waals surface area contributed by atoms with Crippen LogP contribution in [0.15, 0.2) is 23.7 Å². The zero-order chi connectivity index (χ0) is 14.0. The van der Waals surface area contributed by atoms with E-state index in [1.54, 1.807) is 12.1 Å². The van der Waals surface area contributed by atoms with E-state index in [4.69, 9.17) is 10.5 Å². The first kappa shape index (κ1) is 15.4.